The fourth-order valence-corrected chi connectivity index (χ4v) is 2.48. The molecule has 1 aromatic heterocycles. The molecule has 104 valence electrons. The number of hydrogen-bond donors (Lipinski definition) is 1. The summed E-state index contributed by atoms with van der Waals surface area (Å²) in [5.74, 6) is 0.132. The molecule has 1 heterocycles. The summed E-state index contributed by atoms with van der Waals surface area (Å²) in [6.07, 6.45) is 0.931. The van der Waals surface area contributed by atoms with E-state index in [1.54, 1.807) is 6.07 Å². The van der Waals surface area contributed by atoms with Gasteiger partial charge in [0.25, 0.3) is 0 Å². The predicted octanol–water partition coefficient (Wildman–Crippen LogP) is 3.03. The van der Waals surface area contributed by atoms with E-state index in [9.17, 15) is 4.39 Å². The Kier molecular flexibility index (Phi) is 4.10. The standard InChI is InChI=1S/C13H18BrFN4/c1-8(4-5-18(2)3)19-12-7-10(15)9(14)6-11(12)17-13(19)16/h6-8H,4-5H2,1-3H3,(H2,16,17). The number of nitrogens with zero attached hydrogens (tertiary/aromatic N) is 3. The van der Waals surface area contributed by atoms with Crippen molar-refractivity contribution >= 4 is 32.9 Å². The molecule has 0 spiro atoms. The SMILES string of the molecule is CC(CCN(C)C)n1c(N)nc2cc(Br)c(F)cc21. The molecule has 0 radical (unpaired) electrons. The van der Waals surface area contributed by atoms with Crippen molar-refractivity contribution < 1.29 is 4.39 Å². The van der Waals surface area contributed by atoms with Crippen molar-refractivity contribution in [2.24, 2.45) is 0 Å². The second-order valence-electron chi connectivity index (χ2n) is 5.04. The number of benzene rings is 1. The molecule has 0 saturated carbocycles. The Morgan fingerprint density at radius 3 is 2.79 bits per heavy atom. The van der Waals surface area contributed by atoms with Crippen LogP contribution in [-0.4, -0.2) is 35.1 Å². The number of hydrogen-bond acceptors (Lipinski definition) is 3. The van der Waals surface area contributed by atoms with Gasteiger partial charge in [0.1, 0.15) is 5.82 Å². The Bertz CT molecular complexity index is 594. The molecule has 6 heteroatoms. The first-order valence-electron chi connectivity index (χ1n) is 6.17. The number of fused-ring (bicyclic) bond motifs is 1. The number of nitrogens with two attached hydrogens (primary N) is 1. The van der Waals surface area contributed by atoms with Crippen molar-refractivity contribution in [2.75, 3.05) is 26.4 Å². The highest BCUT2D eigenvalue weighted by molar-refractivity contribution is 9.10. The van der Waals surface area contributed by atoms with Crippen LogP contribution in [0.2, 0.25) is 0 Å². The Morgan fingerprint density at radius 2 is 2.16 bits per heavy atom. The number of nitrogen functional groups attached to an aromatic ring is 1. The monoisotopic (exact) mass is 328 g/mol. The molecule has 0 aliphatic rings. The van der Waals surface area contributed by atoms with E-state index in [4.69, 9.17) is 5.73 Å². The zero-order valence-corrected chi connectivity index (χ0v) is 12.9. The van der Waals surface area contributed by atoms with E-state index < -0.39 is 0 Å². The second kappa shape index (κ2) is 5.46. The smallest absolute Gasteiger partial charge is 0.201 e. The first kappa shape index (κ1) is 14.3. The quantitative estimate of drug-likeness (QED) is 0.938. The minimum absolute atomic E-state index is 0.174. The van der Waals surface area contributed by atoms with Gasteiger partial charge in [0.05, 0.1) is 15.5 Å². The average Bonchev–Trinajstić information content (AvgIpc) is 2.62. The van der Waals surface area contributed by atoms with Crippen molar-refractivity contribution in [3.05, 3.63) is 22.4 Å². The van der Waals surface area contributed by atoms with Gasteiger partial charge in [-0.25, -0.2) is 9.37 Å². The number of aromatic nitrogens is 2. The number of rotatable bonds is 4. The van der Waals surface area contributed by atoms with Crippen LogP contribution in [0.3, 0.4) is 0 Å². The van der Waals surface area contributed by atoms with Crippen LogP contribution >= 0.6 is 15.9 Å². The molecular formula is C13H18BrFN4. The van der Waals surface area contributed by atoms with Gasteiger partial charge in [-0.3, -0.25) is 0 Å². The van der Waals surface area contributed by atoms with Gasteiger partial charge in [0.15, 0.2) is 0 Å². The molecule has 19 heavy (non-hydrogen) atoms. The Hall–Kier alpha value is -1.14. The summed E-state index contributed by atoms with van der Waals surface area (Å²) in [6, 6.07) is 3.32. The van der Waals surface area contributed by atoms with E-state index >= 15 is 0 Å². The molecule has 1 aromatic carbocycles. The highest BCUT2D eigenvalue weighted by Gasteiger charge is 2.16. The van der Waals surface area contributed by atoms with Crippen LogP contribution in [0.25, 0.3) is 11.0 Å². The van der Waals surface area contributed by atoms with E-state index in [0.29, 0.717) is 15.9 Å². The zero-order valence-electron chi connectivity index (χ0n) is 11.3. The van der Waals surface area contributed by atoms with E-state index in [0.717, 1.165) is 18.5 Å². The lowest BCUT2D eigenvalue weighted by Crippen LogP contribution is -2.18. The molecule has 0 aliphatic carbocycles. The van der Waals surface area contributed by atoms with Gasteiger partial charge in [-0.1, -0.05) is 0 Å². The third-order valence-electron chi connectivity index (χ3n) is 3.19. The summed E-state index contributed by atoms with van der Waals surface area (Å²) in [7, 11) is 4.05. The van der Waals surface area contributed by atoms with Gasteiger partial charge in [-0.15, -0.1) is 0 Å². The van der Waals surface area contributed by atoms with E-state index in [2.05, 4.69) is 32.7 Å². The molecule has 2 rings (SSSR count). The molecule has 0 bridgehead atoms. The lowest BCUT2D eigenvalue weighted by molar-refractivity contribution is 0.362. The summed E-state index contributed by atoms with van der Waals surface area (Å²) in [4.78, 5) is 6.41. The van der Waals surface area contributed by atoms with Crippen LogP contribution in [0.5, 0.6) is 0 Å². The normalized spacial score (nSPS) is 13.4. The lowest BCUT2D eigenvalue weighted by Gasteiger charge is -2.18. The topological polar surface area (TPSA) is 47.1 Å². The van der Waals surface area contributed by atoms with Crippen molar-refractivity contribution in [1.29, 1.82) is 0 Å². The summed E-state index contributed by atoms with van der Waals surface area (Å²) >= 11 is 3.17. The largest absolute Gasteiger partial charge is 0.369 e. The Labute approximate surface area is 120 Å². The Balaban J connectivity index is 2.42. The molecule has 4 nitrogen and oxygen atoms in total. The molecule has 0 saturated heterocycles. The summed E-state index contributed by atoms with van der Waals surface area (Å²) < 4.78 is 16.0. The fourth-order valence-electron chi connectivity index (χ4n) is 2.15. The number of halogens is 2. The van der Waals surface area contributed by atoms with Crippen molar-refractivity contribution in [3.8, 4) is 0 Å². The molecular weight excluding hydrogens is 311 g/mol. The van der Waals surface area contributed by atoms with Gasteiger partial charge >= 0.3 is 0 Å². The van der Waals surface area contributed by atoms with Crippen LogP contribution in [0.15, 0.2) is 16.6 Å². The van der Waals surface area contributed by atoms with E-state index in [1.807, 2.05) is 18.7 Å². The van der Waals surface area contributed by atoms with E-state index in [-0.39, 0.29) is 11.9 Å². The Morgan fingerprint density at radius 1 is 1.47 bits per heavy atom. The molecule has 1 unspecified atom stereocenters. The van der Waals surface area contributed by atoms with Gasteiger partial charge in [0.2, 0.25) is 5.95 Å². The van der Waals surface area contributed by atoms with Crippen LogP contribution < -0.4 is 5.73 Å². The highest BCUT2D eigenvalue weighted by atomic mass is 79.9. The van der Waals surface area contributed by atoms with E-state index in [1.165, 1.54) is 6.07 Å². The summed E-state index contributed by atoms with van der Waals surface area (Å²) in [5.41, 5.74) is 7.41. The first-order valence-corrected chi connectivity index (χ1v) is 6.96. The molecule has 0 fully saturated rings. The van der Waals surface area contributed by atoms with Gasteiger partial charge in [-0.2, -0.15) is 0 Å². The highest BCUT2D eigenvalue weighted by Crippen LogP contribution is 2.28. The molecule has 0 aliphatic heterocycles. The molecule has 2 N–H and O–H groups in total. The van der Waals surface area contributed by atoms with Gasteiger partial charge in [0, 0.05) is 12.1 Å². The minimum atomic E-state index is -0.298. The van der Waals surface area contributed by atoms with Crippen LogP contribution in [0.1, 0.15) is 19.4 Å². The number of imidazole rings is 1. The second-order valence-corrected chi connectivity index (χ2v) is 5.89. The first-order chi connectivity index (χ1) is 8.90. The van der Waals surface area contributed by atoms with Gasteiger partial charge < -0.3 is 15.2 Å². The molecule has 0 amide bonds. The summed E-state index contributed by atoms with van der Waals surface area (Å²) in [5, 5.41) is 0. The maximum absolute atomic E-state index is 13.7. The third kappa shape index (κ3) is 2.90. The summed E-state index contributed by atoms with van der Waals surface area (Å²) in [6.45, 7) is 3.01. The van der Waals surface area contributed by atoms with Crippen LogP contribution in [0, 0.1) is 5.82 Å². The van der Waals surface area contributed by atoms with Crippen molar-refractivity contribution in [1.82, 2.24) is 14.5 Å². The zero-order chi connectivity index (χ0) is 14.2. The van der Waals surface area contributed by atoms with Gasteiger partial charge in [-0.05, 0) is 56.0 Å². The maximum Gasteiger partial charge on any atom is 0.201 e. The maximum atomic E-state index is 13.7. The molecule has 2 aromatic rings. The average molecular weight is 329 g/mol. The third-order valence-corrected chi connectivity index (χ3v) is 3.80. The molecule has 1 atom stereocenters. The lowest BCUT2D eigenvalue weighted by atomic mass is 10.2. The fraction of sp³-hybridized carbons (Fsp3) is 0.462. The van der Waals surface area contributed by atoms with Crippen molar-refractivity contribution in [3.63, 3.8) is 0 Å². The van der Waals surface area contributed by atoms with Crippen molar-refractivity contribution in [2.45, 2.75) is 19.4 Å². The number of anilines is 1. The van der Waals surface area contributed by atoms with Crippen LogP contribution in [0.4, 0.5) is 10.3 Å². The van der Waals surface area contributed by atoms with Crippen LogP contribution in [-0.2, 0) is 0 Å². The predicted molar refractivity (Wildman–Crippen MR) is 79.7 cm³/mol. The minimum Gasteiger partial charge on any atom is -0.369 e.